The number of hydrogen-bond acceptors (Lipinski definition) is 1. The SMILES string of the molecule is CN=CN/C=C(/C)[C@H](C)CCn1cccc1. The molecule has 0 saturated carbocycles. The first kappa shape index (κ1) is 12.6. The Kier molecular flexibility index (Phi) is 5.40. The van der Waals surface area contributed by atoms with E-state index in [9.17, 15) is 0 Å². The van der Waals surface area contributed by atoms with Crippen molar-refractivity contribution in [3.05, 3.63) is 36.3 Å². The van der Waals surface area contributed by atoms with Crippen molar-refractivity contribution in [3.8, 4) is 0 Å². The van der Waals surface area contributed by atoms with Crippen LogP contribution in [0.25, 0.3) is 0 Å². The number of allylic oxidation sites excluding steroid dienone is 1. The molecule has 16 heavy (non-hydrogen) atoms. The molecule has 0 aliphatic heterocycles. The average Bonchev–Trinajstić information content (AvgIpc) is 2.79. The molecule has 0 radical (unpaired) electrons. The van der Waals surface area contributed by atoms with Gasteiger partial charge in [0.15, 0.2) is 0 Å². The van der Waals surface area contributed by atoms with E-state index >= 15 is 0 Å². The number of nitrogens with one attached hydrogen (secondary N) is 1. The maximum absolute atomic E-state index is 3.87. The predicted octanol–water partition coefficient (Wildman–Crippen LogP) is 2.67. The molecular formula is C13H21N3. The number of rotatable bonds is 6. The van der Waals surface area contributed by atoms with Gasteiger partial charge >= 0.3 is 0 Å². The highest BCUT2D eigenvalue weighted by atomic mass is 14.9. The molecule has 0 bridgehead atoms. The van der Waals surface area contributed by atoms with Crippen LogP contribution in [0, 0.1) is 5.92 Å². The lowest BCUT2D eigenvalue weighted by molar-refractivity contribution is 0.535. The Morgan fingerprint density at radius 1 is 1.44 bits per heavy atom. The van der Waals surface area contributed by atoms with E-state index in [2.05, 4.69) is 53.3 Å². The van der Waals surface area contributed by atoms with Crippen molar-refractivity contribution in [1.29, 1.82) is 0 Å². The van der Waals surface area contributed by atoms with Gasteiger partial charge in [0, 0.05) is 32.2 Å². The van der Waals surface area contributed by atoms with E-state index in [-0.39, 0.29) is 0 Å². The smallest absolute Gasteiger partial charge is 0.0859 e. The molecule has 0 aromatic carbocycles. The summed E-state index contributed by atoms with van der Waals surface area (Å²) < 4.78 is 2.21. The van der Waals surface area contributed by atoms with Crippen LogP contribution in [-0.4, -0.2) is 18.0 Å². The van der Waals surface area contributed by atoms with Crippen LogP contribution in [0.15, 0.2) is 41.3 Å². The fraction of sp³-hybridized carbons (Fsp3) is 0.462. The zero-order valence-corrected chi connectivity index (χ0v) is 10.4. The summed E-state index contributed by atoms with van der Waals surface area (Å²) in [7, 11) is 1.76. The first-order valence-electron chi connectivity index (χ1n) is 5.68. The Morgan fingerprint density at radius 2 is 2.12 bits per heavy atom. The number of aromatic nitrogens is 1. The fourth-order valence-corrected chi connectivity index (χ4v) is 1.48. The highest BCUT2D eigenvalue weighted by Crippen LogP contribution is 2.14. The van der Waals surface area contributed by atoms with Gasteiger partial charge in [0.2, 0.25) is 0 Å². The minimum Gasteiger partial charge on any atom is -0.354 e. The van der Waals surface area contributed by atoms with Crippen molar-refractivity contribution in [2.45, 2.75) is 26.8 Å². The van der Waals surface area contributed by atoms with Crippen LogP contribution in [-0.2, 0) is 6.54 Å². The Hall–Kier alpha value is -1.51. The Balaban J connectivity index is 2.33. The van der Waals surface area contributed by atoms with Gasteiger partial charge in [0.25, 0.3) is 0 Å². The molecule has 0 fully saturated rings. The maximum atomic E-state index is 3.87. The van der Waals surface area contributed by atoms with Crippen molar-refractivity contribution in [2.24, 2.45) is 10.9 Å². The van der Waals surface area contributed by atoms with E-state index in [1.807, 2.05) is 6.20 Å². The summed E-state index contributed by atoms with van der Waals surface area (Å²) >= 11 is 0. The standard InChI is InChI=1S/C13H21N3/c1-12(13(2)10-15-11-14-3)6-9-16-7-4-5-8-16/h4-5,7-8,10-12H,6,9H2,1-3H3,(H,14,15)/b13-10-/t12-/m1/s1. The molecule has 88 valence electrons. The van der Waals surface area contributed by atoms with E-state index in [4.69, 9.17) is 0 Å². The quantitative estimate of drug-likeness (QED) is 0.578. The summed E-state index contributed by atoms with van der Waals surface area (Å²) in [5, 5.41) is 3.05. The molecule has 1 N–H and O–H groups in total. The second-order valence-corrected chi connectivity index (χ2v) is 4.05. The first-order chi connectivity index (χ1) is 7.74. The van der Waals surface area contributed by atoms with Gasteiger partial charge in [0.1, 0.15) is 0 Å². The van der Waals surface area contributed by atoms with E-state index in [0.717, 1.165) is 13.0 Å². The molecule has 1 aromatic rings. The average molecular weight is 219 g/mol. The molecule has 1 atom stereocenters. The monoisotopic (exact) mass is 219 g/mol. The molecule has 0 saturated heterocycles. The Morgan fingerprint density at radius 3 is 2.75 bits per heavy atom. The van der Waals surface area contributed by atoms with Crippen LogP contribution in [0.5, 0.6) is 0 Å². The van der Waals surface area contributed by atoms with E-state index in [1.165, 1.54) is 5.57 Å². The van der Waals surface area contributed by atoms with Gasteiger partial charge in [-0.15, -0.1) is 0 Å². The lowest BCUT2D eigenvalue weighted by Gasteiger charge is -2.12. The molecule has 1 aromatic heterocycles. The Labute approximate surface area is 97.9 Å². The maximum Gasteiger partial charge on any atom is 0.0859 e. The highest BCUT2D eigenvalue weighted by Gasteiger charge is 2.03. The van der Waals surface area contributed by atoms with Crippen LogP contribution in [0.1, 0.15) is 20.3 Å². The van der Waals surface area contributed by atoms with Crippen LogP contribution < -0.4 is 5.32 Å². The van der Waals surface area contributed by atoms with Gasteiger partial charge in [-0.05, 0) is 31.4 Å². The molecule has 3 heteroatoms. The summed E-state index contributed by atoms with van der Waals surface area (Å²) in [6.45, 7) is 5.47. The van der Waals surface area contributed by atoms with Crippen molar-refractivity contribution in [2.75, 3.05) is 7.05 Å². The lowest BCUT2D eigenvalue weighted by atomic mass is 10.00. The highest BCUT2D eigenvalue weighted by molar-refractivity contribution is 5.55. The third kappa shape index (κ3) is 4.34. The number of aliphatic imine (C=N–C) groups is 1. The normalized spacial score (nSPS) is 14.3. The van der Waals surface area contributed by atoms with Gasteiger partial charge in [-0.1, -0.05) is 12.5 Å². The molecule has 1 rings (SSSR count). The molecule has 3 nitrogen and oxygen atoms in total. The second-order valence-electron chi connectivity index (χ2n) is 4.05. The number of nitrogens with zero attached hydrogens (tertiary/aromatic N) is 2. The van der Waals surface area contributed by atoms with Crippen LogP contribution in [0.4, 0.5) is 0 Å². The van der Waals surface area contributed by atoms with Crippen molar-refractivity contribution in [3.63, 3.8) is 0 Å². The molecular weight excluding hydrogens is 198 g/mol. The topological polar surface area (TPSA) is 29.3 Å². The summed E-state index contributed by atoms with van der Waals surface area (Å²) in [6, 6.07) is 4.12. The first-order valence-corrected chi connectivity index (χ1v) is 5.68. The fourth-order valence-electron chi connectivity index (χ4n) is 1.48. The minimum atomic E-state index is 0.583. The third-order valence-corrected chi connectivity index (χ3v) is 2.78. The van der Waals surface area contributed by atoms with Crippen molar-refractivity contribution in [1.82, 2.24) is 9.88 Å². The molecule has 0 aliphatic carbocycles. The summed E-state index contributed by atoms with van der Waals surface area (Å²) in [4.78, 5) is 3.87. The second kappa shape index (κ2) is 6.88. The Bertz CT molecular complexity index is 336. The molecule has 0 amide bonds. The van der Waals surface area contributed by atoms with Crippen molar-refractivity contribution < 1.29 is 0 Å². The minimum absolute atomic E-state index is 0.583. The van der Waals surface area contributed by atoms with Gasteiger partial charge in [-0.3, -0.25) is 4.99 Å². The third-order valence-electron chi connectivity index (χ3n) is 2.78. The van der Waals surface area contributed by atoms with Crippen molar-refractivity contribution >= 4 is 6.34 Å². The molecule has 0 spiro atoms. The molecule has 0 aliphatic rings. The van der Waals surface area contributed by atoms with E-state index in [1.54, 1.807) is 13.4 Å². The largest absolute Gasteiger partial charge is 0.354 e. The zero-order chi connectivity index (χ0) is 11.8. The van der Waals surface area contributed by atoms with Gasteiger partial charge < -0.3 is 9.88 Å². The van der Waals surface area contributed by atoms with Gasteiger partial charge in [-0.25, -0.2) is 0 Å². The van der Waals surface area contributed by atoms with Crippen LogP contribution in [0.3, 0.4) is 0 Å². The number of aryl methyl sites for hydroxylation is 1. The molecule has 0 unspecified atom stereocenters. The lowest BCUT2D eigenvalue weighted by Crippen LogP contribution is -2.07. The predicted molar refractivity (Wildman–Crippen MR) is 69.5 cm³/mol. The van der Waals surface area contributed by atoms with Crippen LogP contribution >= 0.6 is 0 Å². The summed E-state index contributed by atoms with van der Waals surface area (Å²) in [5.41, 5.74) is 1.35. The van der Waals surface area contributed by atoms with Gasteiger partial charge in [-0.2, -0.15) is 0 Å². The van der Waals surface area contributed by atoms with E-state index < -0.39 is 0 Å². The summed E-state index contributed by atoms with van der Waals surface area (Å²) in [6.07, 6.45) is 9.08. The summed E-state index contributed by atoms with van der Waals surface area (Å²) in [5.74, 6) is 0.583. The molecule has 1 heterocycles. The van der Waals surface area contributed by atoms with Crippen LogP contribution in [0.2, 0.25) is 0 Å². The van der Waals surface area contributed by atoms with E-state index in [0.29, 0.717) is 5.92 Å². The van der Waals surface area contributed by atoms with Gasteiger partial charge in [0.05, 0.1) is 6.34 Å². The number of hydrogen-bond donors (Lipinski definition) is 1. The zero-order valence-electron chi connectivity index (χ0n) is 10.4.